The van der Waals surface area contributed by atoms with E-state index in [4.69, 9.17) is 32.4 Å². The summed E-state index contributed by atoms with van der Waals surface area (Å²) in [6, 6.07) is 11.8. The van der Waals surface area contributed by atoms with E-state index < -0.39 is 5.91 Å². The predicted molar refractivity (Wildman–Crippen MR) is 90.7 cm³/mol. The number of nitrogens with one attached hydrogen (secondary N) is 1. The highest BCUT2D eigenvalue weighted by Gasteiger charge is 2.16. The first-order valence-electron chi connectivity index (χ1n) is 6.81. The molecule has 0 aliphatic carbocycles. The number of carbonyl (C=O) groups is 1. The fourth-order valence-corrected chi connectivity index (χ4v) is 2.22. The van der Waals surface area contributed by atoms with Gasteiger partial charge in [0.15, 0.2) is 0 Å². The molecule has 8 heteroatoms. The molecule has 3 rings (SSSR count). The van der Waals surface area contributed by atoms with Crippen molar-refractivity contribution in [1.29, 1.82) is 0 Å². The Bertz CT molecular complexity index is 879. The van der Waals surface area contributed by atoms with Gasteiger partial charge in [-0.2, -0.15) is 0 Å². The van der Waals surface area contributed by atoms with Crippen LogP contribution in [0.2, 0.25) is 10.0 Å². The minimum absolute atomic E-state index is 0.160. The van der Waals surface area contributed by atoms with Crippen LogP contribution < -0.4 is 10.1 Å². The molecule has 0 radical (unpaired) electrons. The number of carbonyl (C=O) groups excluding carboxylic acids is 1. The van der Waals surface area contributed by atoms with Crippen molar-refractivity contribution in [3.63, 3.8) is 0 Å². The fraction of sp³-hybridized carbons (Fsp3) is 0.0625. The molecular formula is C16H11Cl2N3O3. The van der Waals surface area contributed by atoms with E-state index >= 15 is 0 Å². The molecule has 1 aromatic heterocycles. The number of methoxy groups -OCH3 is 1. The summed E-state index contributed by atoms with van der Waals surface area (Å²) in [5.74, 6) is 0.236. The Labute approximate surface area is 147 Å². The molecule has 1 heterocycles. The molecule has 0 fully saturated rings. The number of hydrogen-bond donors (Lipinski definition) is 1. The van der Waals surface area contributed by atoms with Crippen LogP contribution in [0, 0.1) is 0 Å². The van der Waals surface area contributed by atoms with E-state index in [0.29, 0.717) is 27.0 Å². The van der Waals surface area contributed by atoms with E-state index in [2.05, 4.69) is 15.5 Å². The minimum Gasteiger partial charge on any atom is -0.497 e. The second kappa shape index (κ2) is 6.90. The molecule has 0 saturated heterocycles. The van der Waals surface area contributed by atoms with Gasteiger partial charge in [0, 0.05) is 11.3 Å². The Morgan fingerprint density at radius 2 is 1.83 bits per heavy atom. The Hall–Kier alpha value is -2.57. The van der Waals surface area contributed by atoms with Gasteiger partial charge in [-0.3, -0.25) is 4.79 Å². The van der Waals surface area contributed by atoms with Crippen molar-refractivity contribution in [2.45, 2.75) is 0 Å². The van der Waals surface area contributed by atoms with Gasteiger partial charge in [-0.15, -0.1) is 10.2 Å². The Kier molecular flexibility index (Phi) is 4.69. The molecule has 0 aliphatic rings. The molecule has 2 aromatic carbocycles. The van der Waals surface area contributed by atoms with Crippen LogP contribution in [0.15, 0.2) is 46.9 Å². The van der Waals surface area contributed by atoms with Crippen LogP contribution in [0.25, 0.3) is 11.5 Å². The first kappa shape index (κ1) is 16.3. The monoisotopic (exact) mass is 363 g/mol. The SMILES string of the molecule is COc1ccc(-c2nnc(C(=O)Nc3ccc(Cl)c(Cl)c3)o2)cc1. The van der Waals surface area contributed by atoms with E-state index in [0.717, 1.165) is 0 Å². The van der Waals surface area contributed by atoms with Crippen LogP contribution >= 0.6 is 23.2 Å². The summed E-state index contributed by atoms with van der Waals surface area (Å²) in [6.07, 6.45) is 0. The van der Waals surface area contributed by atoms with Crippen molar-refractivity contribution in [2.24, 2.45) is 0 Å². The molecule has 24 heavy (non-hydrogen) atoms. The molecular weight excluding hydrogens is 353 g/mol. The zero-order valence-electron chi connectivity index (χ0n) is 12.4. The highest BCUT2D eigenvalue weighted by Crippen LogP contribution is 2.25. The lowest BCUT2D eigenvalue weighted by molar-refractivity contribution is 0.0991. The number of halogens is 2. The minimum atomic E-state index is -0.541. The van der Waals surface area contributed by atoms with Gasteiger partial charge in [0.1, 0.15) is 5.75 Å². The lowest BCUT2D eigenvalue weighted by atomic mass is 10.2. The quantitative estimate of drug-likeness (QED) is 0.747. The third-order valence-electron chi connectivity index (χ3n) is 3.13. The highest BCUT2D eigenvalue weighted by molar-refractivity contribution is 6.42. The molecule has 3 aromatic rings. The van der Waals surface area contributed by atoms with Gasteiger partial charge >= 0.3 is 11.8 Å². The summed E-state index contributed by atoms with van der Waals surface area (Å²) in [5, 5.41) is 11.0. The van der Waals surface area contributed by atoms with Gasteiger partial charge in [0.05, 0.1) is 17.2 Å². The van der Waals surface area contributed by atoms with Crippen molar-refractivity contribution >= 4 is 34.8 Å². The average molecular weight is 364 g/mol. The van der Waals surface area contributed by atoms with Crippen LogP contribution in [-0.4, -0.2) is 23.2 Å². The van der Waals surface area contributed by atoms with Gasteiger partial charge in [-0.1, -0.05) is 23.2 Å². The molecule has 122 valence electrons. The smallest absolute Gasteiger partial charge is 0.313 e. The Balaban J connectivity index is 1.76. The van der Waals surface area contributed by atoms with Crippen molar-refractivity contribution < 1.29 is 13.9 Å². The maximum atomic E-state index is 12.2. The number of nitrogens with zero attached hydrogens (tertiary/aromatic N) is 2. The third-order valence-corrected chi connectivity index (χ3v) is 3.87. The topological polar surface area (TPSA) is 77.2 Å². The summed E-state index contributed by atoms with van der Waals surface area (Å²) >= 11 is 11.7. The van der Waals surface area contributed by atoms with Crippen molar-refractivity contribution in [1.82, 2.24) is 10.2 Å². The first-order valence-corrected chi connectivity index (χ1v) is 7.57. The molecule has 0 aliphatic heterocycles. The summed E-state index contributed by atoms with van der Waals surface area (Å²) in [5.41, 5.74) is 1.15. The van der Waals surface area contributed by atoms with Gasteiger partial charge in [0.25, 0.3) is 0 Å². The van der Waals surface area contributed by atoms with E-state index in [1.807, 2.05) is 0 Å². The van der Waals surface area contributed by atoms with Crippen LogP contribution in [-0.2, 0) is 0 Å². The molecule has 0 unspecified atom stereocenters. The number of anilines is 1. The van der Waals surface area contributed by atoms with Gasteiger partial charge < -0.3 is 14.5 Å². The number of benzene rings is 2. The molecule has 0 atom stereocenters. The normalized spacial score (nSPS) is 10.5. The lowest BCUT2D eigenvalue weighted by Gasteiger charge is -2.03. The summed E-state index contributed by atoms with van der Waals surface area (Å²) in [6.45, 7) is 0. The third kappa shape index (κ3) is 3.50. The average Bonchev–Trinajstić information content (AvgIpc) is 3.08. The summed E-state index contributed by atoms with van der Waals surface area (Å²) in [7, 11) is 1.58. The van der Waals surface area contributed by atoms with Crippen LogP contribution in [0.1, 0.15) is 10.7 Å². The zero-order chi connectivity index (χ0) is 17.1. The van der Waals surface area contributed by atoms with Crippen LogP contribution in [0.5, 0.6) is 5.75 Å². The Morgan fingerprint density at radius 1 is 1.08 bits per heavy atom. The van der Waals surface area contributed by atoms with E-state index in [-0.39, 0.29) is 11.8 Å². The van der Waals surface area contributed by atoms with E-state index in [9.17, 15) is 4.79 Å². The molecule has 6 nitrogen and oxygen atoms in total. The molecule has 1 N–H and O–H groups in total. The second-order valence-electron chi connectivity index (χ2n) is 4.72. The van der Waals surface area contributed by atoms with Gasteiger partial charge in [-0.05, 0) is 42.5 Å². The van der Waals surface area contributed by atoms with E-state index in [1.165, 1.54) is 6.07 Å². The van der Waals surface area contributed by atoms with Crippen LogP contribution in [0.4, 0.5) is 5.69 Å². The second-order valence-corrected chi connectivity index (χ2v) is 5.54. The number of ether oxygens (including phenoxy) is 1. The number of aromatic nitrogens is 2. The maximum Gasteiger partial charge on any atom is 0.313 e. The highest BCUT2D eigenvalue weighted by atomic mass is 35.5. The standard InChI is InChI=1S/C16H11Cl2N3O3/c1-23-11-5-2-9(3-6-11)15-20-21-16(24-15)14(22)19-10-4-7-12(17)13(18)8-10/h2-8H,1H3,(H,19,22). The van der Waals surface area contributed by atoms with Crippen LogP contribution in [0.3, 0.4) is 0 Å². The number of amides is 1. The van der Waals surface area contributed by atoms with Gasteiger partial charge in [0.2, 0.25) is 5.89 Å². The van der Waals surface area contributed by atoms with E-state index in [1.54, 1.807) is 43.5 Å². The largest absolute Gasteiger partial charge is 0.497 e. The molecule has 0 saturated carbocycles. The molecule has 0 bridgehead atoms. The lowest BCUT2D eigenvalue weighted by Crippen LogP contribution is -2.12. The molecule has 0 spiro atoms. The van der Waals surface area contributed by atoms with Crippen molar-refractivity contribution in [3.8, 4) is 17.2 Å². The number of rotatable bonds is 4. The predicted octanol–water partition coefficient (Wildman–Crippen LogP) is 4.30. The molecule has 1 amide bonds. The maximum absolute atomic E-state index is 12.2. The zero-order valence-corrected chi connectivity index (χ0v) is 13.9. The number of hydrogen-bond acceptors (Lipinski definition) is 5. The first-order chi connectivity index (χ1) is 11.6. The summed E-state index contributed by atoms with van der Waals surface area (Å²) < 4.78 is 10.5. The van der Waals surface area contributed by atoms with Gasteiger partial charge in [-0.25, -0.2) is 0 Å². The summed E-state index contributed by atoms with van der Waals surface area (Å²) in [4.78, 5) is 12.2. The van der Waals surface area contributed by atoms with Crippen molar-refractivity contribution in [2.75, 3.05) is 12.4 Å². The fourth-order valence-electron chi connectivity index (χ4n) is 1.92. The Morgan fingerprint density at radius 3 is 2.50 bits per heavy atom. The van der Waals surface area contributed by atoms with Crippen molar-refractivity contribution in [3.05, 3.63) is 58.4 Å².